The first kappa shape index (κ1) is 17.7. The van der Waals surface area contributed by atoms with Gasteiger partial charge in [-0.05, 0) is 52.0 Å². The highest BCUT2D eigenvalue weighted by molar-refractivity contribution is 5.94. The number of amides is 1. The molecule has 1 aromatic carbocycles. The van der Waals surface area contributed by atoms with E-state index < -0.39 is 17.7 Å². The highest BCUT2D eigenvalue weighted by atomic mass is 16.6. The number of hydrogen-bond donors (Lipinski definition) is 1. The number of ketones is 1. The quantitative estimate of drug-likeness (QED) is 0.514. The standard InChI is InChI=1S/C16H21NO5/c1-11(18)12-5-7-13(8-6-12)21-14(19)9-10-17-15(20)22-16(2,3)4/h5-8H,9-10H2,1-4H3,(H,17,20). The highest BCUT2D eigenvalue weighted by Gasteiger charge is 2.16. The van der Waals surface area contributed by atoms with E-state index in [-0.39, 0.29) is 18.7 Å². The summed E-state index contributed by atoms with van der Waals surface area (Å²) in [6.07, 6.45) is -0.556. The van der Waals surface area contributed by atoms with Crippen molar-refractivity contribution in [2.45, 2.75) is 39.7 Å². The Balaban J connectivity index is 2.34. The normalized spacial score (nSPS) is 10.7. The Kier molecular flexibility index (Phi) is 6.10. The van der Waals surface area contributed by atoms with Crippen molar-refractivity contribution in [3.8, 4) is 5.75 Å². The first-order valence-electron chi connectivity index (χ1n) is 6.96. The summed E-state index contributed by atoms with van der Waals surface area (Å²) in [5, 5.41) is 2.47. The topological polar surface area (TPSA) is 81.7 Å². The lowest BCUT2D eigenvalue weighted by Crippen LogP contribution is -2.34. The number of benzene rings is 1. The zero-order valence-electron chi connectivity index (χ0n) is 13.3. The maximum atomic E-state index is 11.6. The summed E-state index contributed by atoms with van der Waals surface area (Å²) in [5.41, 5.74) is -0.0327. The molecule has 0 atom stereocenters. The van der Waals surface area contributed by atoms with E-state index in [2.05, 4.69) is 5.32 Å². The SMILES string of the molecule is CC(=O)c1ccc(OC(=O)CCNC(=O)OC(C)(C)C)cc1. The molecule has 0 unspecified atom stereocenters. The van der Waals surface area contributed by atoms with Gasteiger partial charge in [-0.2, -0.15) is 0 Å². The molecule has 22 heavy (non-hydrogen) atoms. The molecular weight excluding hydrogens is 286 g/mol. The van der Waals surface area contributed by atoms with Gasteiger partial charge in [0.1, 0.15) is 11.4 Å². The number of alkyl carbamates (subject to hydrolysis) is 1. The molecule has 1 N–H and O–H groups in total. The molecule has 0 spiro atoms. The predicted molar refractivity (Wildman–Crippen MR) is 80.9 cm³/mol. The molecule has 0 aliphatic heterocycles. The van der Waals surface area contributed by atoms with Crippen LogP contribution in [0.1, 0.15) is 44.5 Å². The van der Waals surface area contributed by atoms with Crippen molar-refractivity contribution in [2.24, 2.45) is 0 Å². The van der Waals surface area contributed by atoms with Crippen LogP contribution in [0.3, 0.4) is 0 Å². The second-order valence-electron chi connectivity index (χ2n) is 5.73. The average molecular weight is 307 g/mol. The molecule has 0 saturated carbocycles. The smallest absolute Gasteiger partial charge is 0.407 e. The third-order valence-electron chi connectivity index (χ3n) is 2.49. The van der Waals surface area contributed by atoms with Crippen LogP contribution in [-0.4, -0.2) is 30.0 Å². The molecular formula is C16H21NO5. The van der Waals surface area contributed by atoms with Crippen molar-refractivity contribution < 1.29 is 23.9 Å². The Morgan fingerprint density at radius 1 is 1.09 bits per heavy atom. The van der Waals surface area contributed by atoms with Crippen LogP contribution < -0.4 is 10.1 Å². The van der Waals surface area contributed by atoms with Gasteiger partial charge < -0.3 is 14.8 Å². The zero-order chi connectivity index (χ0) is 16.8. The second-order valence-corrected chi connectivity index (χ2v) is 5.73. The second kappa shape index (κ2) is 7.59. The number of carbonyl (C=O) groups is 3. The van der Waals surface area contributed by atoms with Gasteiger partial charge in [-0.25, -0.2) is 4.79 Å². The lowest BCUT2D eigenvalue weighted by molar-refractivity contribution is -0.134. The first-order valence-corrected chi connectivity index (χ1v) is 6.96. The third kappa shape index (κ3) is 6.88. The fourth-order valence-electron chi connectivity index (χ4n) is 1.52. The molecule has 0 bridgehead atoms. The van der Waals surface area contributed by atoms with Crippen LogP contribution in [0.5, 0.6) is 5.75 Å². The maximum Gasteiger partial charge on any atom is 0.407 e. The minimum atomic E-state index is -0.580. The van der Waals surface area contributed by atoms with Crippen LogP contribution in [0, 0.1) is 0 Å². The molecule has 1 rings (SSSR count). The Morgan fingerprint density at radius 3 is 2.18 bits per heavy atom. The number of carbonyl (C=O) groups excluding carboxylic acids is 3. The molecule has 0 radical (unpaired) electrons. The van der Waals surface area contributed by atoms with E-state index in [4.69, 9.17) is 9.47 Å². The zero-order valence-corrected chi connectivity index (χ0v) is 13.3. The van der Waals surface area contributed by atoms with E-state index in [9.17, 15) is 14.4 Å². The number of hydrogen-bond acceptors (Lipinski definition) is 5. The van der Waals surface area contributed by atoms with Crippen molar-refractivity contribution in [3.63, 3.8) is 0 Å². The van der Waals surface area contributed by atoms with E-state index in [1.807, 2.05) is 0 Å². The average Bonchev–Trinajstić information content (AvgIpc) is 2.37. The number of Topliss-reactive ketones (excluding diaryl/α,β-unsaturated/α-hetero) is 1. The monoisotopic (exact) mass is 307 g/mol. The lowest BCUT2D eigenvalue weighted by atomic mass is 10.1. The van der Waals surface area contributed by atoms with Crippen molar-refractivity contribution in [2.75, 3.05) is 6.54 Å². The summed E-state index contributed by atoms with van der Waals surface area (Å²) in [6, 6.07) is 6.28. The fraction of sp³-hybridized carbons (Fsp3) is 0.438. The van der Waals surface area contributed by atoms with Gasteiger partial charge in [0, 0.05) is 12.1 Å². The highest BCUT2D eigenvalue weighted by Crippen LogP contribution is 2.13. The minimum absolute atomic E-state index is 0.0215. The largest absolute Gasteiger partial charge is 0.444 e. The Labute approximate surface area is 129 Å². The maximum absolute atomic E-state index is 11.6. The number of esters is 1. The van der Waals surface area contributed by atoms with Gasteiger partial charge in [0.15, 0.2) is 5.78 Å². The number of rotatable bonds is 5. The molecule has 0 aliphatic rings. The van der Waals surface area contributed by atoms with Crippen LogP contribution >= 0.6 is 0 Å². The van der Waals surface area contributed by atoms with E-state index >= 15 is 0 Å². The molecule has 0 saturated heterocycles. The van der Waals surface area contributed by atoms with E-state index in [1.54, 1.807) is 45.0 Å². The van der Waals surface area contributed by atoms with E-state index in [0.717, 1.165) is 0 Å². The van der Waals surface area contributed by atoms with E-state index in [0.29, 0.717) is 11.3 Å². The Hall–Kier alpha value is -2.37. The van der Waals surface area contributed by atoms with Crippen LogP contribution in [0.4, 0.5) is 4.79 Å². The Morgan fingerprint density at radius 2 is 1.68 bits per heavy atom. The molecule has 1 aromatic rings. The van der Waals surface area contributed by atoms with Gasteiger partial charge in [0.25, 0.3) is 0 Å². The first-order chi connectivity index (χ1) is 10.2. The summed E-state index contributed by atoms with van der Waals surface area (Å²) in [6.45, 7) is 6.85. The molecule has 0 aromatic heterocycles. The molecule has 120 valence electrons. The molecule has 6 nitrogen and oxygen atoms in total. The van der Waals surface area contributed by atoms with Crippen LogP contribution in [0.25, 0.3) is 0 Å². The van der Waals surface area contributed by atoms with Crippen molar-refractivity contribution in [1.29, 1.82) is 0 Å². The molecule has 0 fully saturated rings. The van der Waals surface area contributed by atoms with Crippen molar-refractivity contribution >= 4 is 17.8 Å². The van der Waals surface area contributed by atoms with Gasteiger partial charge >= 0.3 is 12.1 Å². The number of nitrogens with one attached hydrogen (secondary N) is 1. The van der Waals surface area contributed by atoms with Gasteiger partial charge in [0.2, 0.25) is 0 Å². The van der Waals surface area contributed by atoms with Gasteiger partial charge in [-0.3, -0.25) is 9.59 Å². The molecule has 0 aliphatic carbocycles. The van der Waals surface area contributed by atoms with Crippen LogP contribution in [0.2, 0.25) is 0 Å². The summed E-state index contributed by atoms with van der Waals surface area (Å²) in [4.78, 5) is 34.1. The van der Waals surface area contributed by atoms with Crippen molar-refractivity contribution in [1.82, 2.24) is 5.32 Å². The van der Waals surface area contributed by atoms with E-state index in [1.165, 1.54) is 6.92 Å². The fourth-order valence-corrected chi connectivity index (χ4v) is 1.52. The summed E-state index contributed by atoms with van der Waals surface area (Å²) < 4.78 is 10.1. The summed E-state index contributed by atoms with van der Waals surface area (Å²) in [7, 11) is 0. The van der Waals surface area contributed by atoms with Crippen LogP contribution in [0.15, 0.2) is 24.3 Å². The third-order valence-corrected chi connectivity index (χ3v) is 2.49. The summed E-state index contributed by atoms with van der Waals surface area (Å²) >= 11 is 0. The molecule has 0 heterocycles. The molecule has 1 amide bonds. The number of ether oxygens (including phenoxy) is 2. The van der Waals surface area contributed by atoms with Gasteiger partial charge in [0.05, 0.1) is 6.42 Å². The minimum Gasteiger partial charge on any atom is -0.444 e. The van der Waals surface area contributed by atoms with Gasteiger partial charge in [-0.15, -0.1) is 0 Å². The predicted octanol–water partition coefficient (Wildman–Crippen LogP) is 2.71. The van der Waals surface area contributed by atoms with Crippen LogP contribution in [-0.2, 0) is 9.53 Å². The lowest BCUT2D eigenvalue weighted by Gasteiger charge is -2.19. The summed E-state index contributed by atoms with van der Waals surface area (Å²) in [5.74, 6) is -0.182. The molecule has 6 heteroatoms. The van der Waals surface area contributed by atoms with Gasteiger partial charge in [-0.1, -0.05) is 0 Å². The Bertz CT molecular complexity index is 543. The van der Waals surface area contributed by atoms with Crippen molar-refractivity contribution in [3.05, 3.63) is 29.8 Å².